The van der Waals surface area contributed by atoms with Crippen LogP contribution in [0, 0.1) is 11.8 Å². The van der Waals surface area contributed by atoms with Crippen LogP contribution < -0.4 is 10.6 Å². The van der Waals surface area contributed by atoms with E-state index in [9.17, 15) is 9.59 Å². The second kappa shape index (κ2) is 8.91. The molecule has 0 radical (unpaired) electrons. The summed E-state index contributed by atoms with van der Waals surface area (Å²) in [6.07, 6.45) is 4.54. The van der Waals surface area contributed by atoms with E-state index < -0.39 is 5.97 Å². The summed E-state index contributed by atoms with van der Waals surface area (Å²) in [5.74, 6) is 0.299. The van der Waals surface area contributed by atoms with Crippen molar-refractivity contribution >= 4 is 11.9 Å². The Morgan fingerprint density at radius 1 is 1.32 bits per heavy atom. The molecule has 1 saturated heterocycles. The summed E-state index contributed by atoms with van der Waals surface area (Å²) in [6.45, 7) is 4.67. The van der Waals surface area contributed by atoms with E-state index in [4.69, 9.17) is 5.11 Å². The van der Waals surface area contributed by atoms with Crippen LogP contribution in [0.4, 0.5) is 0 Å². The molecule has 1 aliphatic heterocycles. The molecule has 1 aliphatic rings. The number of carboxylic acids is 1. The molecule has 1 atom stereocenters. The van der Waals surface area contributed by atoms with Gasteiger partial charge in [-0.25, -0.2) is 0 Å². The third-order valence-corrected chi connectivity index (χ3v) is 3.68. The number of rotatable bonds is 10. The molecule has 0 aromatic heterocycles. The number of nitrogens with one attached hydrogen (secondary N) is 2. The quantitative estimate of drug-likeness (QED) is 0.560. The van der Waals surface area contributed by atoms with Crippen molar-refractivity contribution in [2.75, 3.05) is 19.6 Å². The first kappa shape index (κ1) is 16.0. The Labute approximate surface area is 115 Å². The van der Waals surface area contributed by atoms with Gasteiger partial charge in [0.1, 0.15) is 0 Å². The van der Waals surface area contributed by atoms with Gasteiger partial charge in [-0.3, -0.25) is 9.59 Å². The van der Waals surface area contributed by atoms with E-state index >= 15 is 0 Å². The van der Waals surface area contributed by atoms with Crippen molar-refractivity contribution in [2.45, 2.75) is 45.4 Å². The van der Waals surface area contributed by atoms with E-state index in [0.717, 1.165) is 32.4 Å². The molecule has 0 bridgehead atoms. The normalized spacial score (nSPS) is 16.7. The number of aliphatic carboxylic acids is 1. The largest absolute Gasteiger partial charge is 0.481 e. The van der Waals surface area contributed by atoms with Crippen LogP contribution in [0.25, 0.3) is 0 Å². The monoisotopic (exact) mass is 270 g/mol. The van der Waals surface area contributed by atoms with Crippen LogP contribution in [0.1, 0.15) is 45.4 Å². The first-order chi connectivity index (χ1) is 9.11. The van der Waals surface area contributed by atoms with Gasteiger partial charge in [-0.2, -0.15) is 0 Å². The maximum Gasteiger partial charge on any atom is 0.303 e. The Morgan fingerprint density at radius 2 is 2.05 bits per heavy atom. The summed E-state index contributed by atoms with van der Waals surface area (Å²) in [4.78, 5) is 22.2. The lowest BCUT2D eigenvalue weighted by atomic mass is 9.94. The van der Waals surface area contributed by atoms with Crippen molar-refractivity contribution in [2.24, 2.45) is 11.8 Å². The minimum Gasteiger partial charge on any atom is -0.481 e. The summed E-state index contributed by atoms with van der Waals surface area (Å²) in [5.41, 5.74) is 0. The lowest BCUT2D eigenvalue weighted by Gasteiger charge is -2.26. The van der Waals surface area contributed by atoms with Crippen LogP contribution in [0.5, 0.6) is 0 Å². The van der Waals surface area contributed by atoms with Gasteiger partial charge in [0.2, 0.25) is 5.91 Å². The van der Waals surface area contributed by atoms with Gasteiger partial charge >= 0.3 is 5.97 Å². The molecule has 1 fully saturated rings. The molecule has 5 heteroatoms. The Bertz CT molecular complexity index is 290. The molecule has 0 spiro atoms. The minimum atomic E-state index is -0.734. The van der Waals surface area contributed by atoms with Crippen LogP contribution in [0.2, 0.25) is 0 Å². The topological polar surface area (TPSA) is 78.4 Å². The van der Waals surface area contributed by atoms with Crippen LogP contribution in [-0.4, -0.2) is 36.6 Å². The molecule has 0 aromatic rings. The predicted octanol–water partition coefficient (Wildman–Crippen LogP) is 1.38. The molecular weight excluding hydrogens is 244 g/mol. The maximum atomic E-state index is 11.6. The minimum absolute atomic E-state index is 0.125. The van der Waals surface area contributed by atoms with E-state index in [1.54, 1.807) is 0 Å². The number of carboxylic acid groups (broad SMARTS) is 1. The van der Waals surface area contributed by atoms with Crippen LogP contribution >= 0.6 is 0 Å². The van der Waals surface area contributed by atoms with Crippen molar-refractivity contribution in [3.05, 3.63) is 0 Å². The second-order valence-corrected chi connectivity index (χ2v) is 5.45. The number of carbonyl (C=O) groups is 2. The molecular formula is C14H26N2O3. The lowest BCUT2D eigenvalue weighted by molar-refractivity contribution is -0.137. The van der Waals surface area contributed by atoms with E-state index in [1.165, 1.54) is 0 Å². The number of amides is 1. The summed E-state index contributed by atoms with van der Waals surface area (Å²) in [5, 5.41) is 14.8. The molecule has 19 heavy (non-hydrogen) atoms. The zero-order valence-electron chi connectivity index (χ0n) is 11.8. The van der Waals surface area contributed by atoms with Crippen molar-refractivity contribution in [1.82, 2.24) is 10.6 Å². The van der Waals surface area contributed by atoms with Crippen molar-refractivity contribution in [1.29, 1.82) is 0 Å². The van der Waals surface area contributed by atoms with Gasteiger partial charge in [0.25, 0.3) is 0 Å². The molecule has 0 aliphatic carbocycles. The molecule has 3 N–H and O–H groups in total. The highest BCUT2D eigenvalue weighted by Crippen LogP contribution is 2.17. The molecule has 1 unspecified atom stereocenters. The molecule has 5 nitrogen and oxygen atoms in total. The van der Waals surface area contributed by atoms with Gasteiger partial charge in [0.15, 0.2) is 0 Å². The van der Waals surface area contributed by atoms with E-state index in [0.29, 0.717) is 31.2 Å². The molecule has 1 heterocycles. The van der Waals surface area contributed by atoms with Crippen molar-refractivity contribution in [3.8, 4) is 0 Å². The average molecular weight is 270 g/mol. The highest BCUT2D eigenvalue weighted by molar-refractivity contribution is 5.76. The average Bonchev–Trinajstić information content (AvgIpc) is 2.31. The second-order valence-electron chi connectivity index (χ2n) is 5.45. The van der Waals surface area contributed by atoms with Gasteiger partial charge in [0, 0.05) is 19.4 Å². The summed E-state index contributed by atoms with van der Waals surface area (Å²) >= 11 is 0. The van der Waals surface area contributed by atoms with Gasteiger partial charge in [-0.15, -0.1) is 0 Å². The fraction of sp³-hybridized carbons (Fsp3) is 0.857. The van der Waals surface area contributed by atoms with E-state index in [2.05, 4.69) is 17.6 Å². The Balaban J connectivity index is 2.11. The molecule has 0 saturated carbocycles. The fourth-order valence-electron chi connectivity index (χ4n) is 2.41. The number of hydrogen-bond donors (Lipinski definition) is 3. The Hall–Kier alpha value is -1.10. The van der Waals surface area contributed by atoms with Crippen LogP contribution in [-0.2, 0) is 9.59 Å². The predicted molar refractivity (Wildman–Crippen MR) is 73.9 cm³/mol. The van der Waals surface area contributed by atoms with Gasteiger partial charge < -0.3 is 15.7 Å². The number of carbonyl (C=O) groups excluding carboxylic acids is 1. The highest BCUT2D eigenvalue weighted by Gasteiger charge is 2.20. The van der Waals surface area contributed by atoms with Crippen molar-refractivity contribution < 1.29 is 14.7 Å². The molecule has 1 amide bonds. The molecule has 0 aromatic carbocycles. The van der Waals surface area contributed by atoms with Gasteiger partial charge in [-0.05, 0) is 37.8 Å². The smallest absolute Gasteiger partial charge is 0.303 e. The summed E-state index contributed by atoms with van der Waals surface area (Å²) in [7, 11) is 0. The zero-order chi connectivity index (χ0) is 14.1. The maximum absolute atomic E-state index is 11.6. The Morgan fingerprint density at radius 3 is 2.58 bits per heavy atom. The van der Waals surface area contributed by atoms with E-state index in [1.807, 2.05) is 0 Å². The van der Waals surface area contributed by atoms with Crippen molar-refractivity contribution in [3.63, 3.8) is 0 Å². The SMILES string of the molecule is CCCC(CCNC(=O)CC1CNC1)CCC(=O)O. The van der Waals surface area contributed by atoms with Gasteiger partial charge in [-0.1, -0.05) is 19.8 Å². The first-order valence-corrected chi connectivity index (χ1v) is 7.31. The van der Waals surface area contributed by atoms with E-state index in [-0.39, 0.29) is 12.3 Å². The fourth-order valence-corrected chi connectivity index (χ4v) is 2.41. The zero-order valence-corrected chi connectivity index (χ0v) is 11.8. The summed E-state index contributed by atoms with van der Waals surface area (Å²) < 4.78 is 0. The molecule has 110 valence electrons. The standard InChI is InChI=1S/C14H26N2O3/c1-2-3-11(4-5-14(18)19)6-7-16-13(17)8-12-9-15-10-12/h11-12,15H,2-10H2,1H3,(H,16,17)(H,18,19). The third kappa shape index (κ3) is 7.15. The first-order valence-electron chi connectivity index (χ1n) is 7.31. The number of hydrogen-bond acceptors (Lipinski definition) is 3. The van der Waals surface area contributed by atoms with Gasteiger partial charge in [0.05, 0.1) is 0 Å². The summed E-state index contributed by atoms with van der Waals surface area (Å²) in [6, 6.07) is 0. The highest BCUT2D eigenvalue weighted by atomic mass is 16.4. The molecule has 1 rings (SSSR count). The third-order valence-electron chi connectivity index (χ3n) is 3.68. The Kier molecular flexibility index (Phi) is 7.48. The van der Waals surface area contributed by atoms with Crippen LogP contribution in [0.15, 0.2) is 0 Å². The lowest BCUT2D eigenvalue weighted by Crippen LogP contribution is -2.44. The van der Waals surface area contributed by atoms with Crippen LogP contribution in [0.3, 0.4) is 0 Å².